The van der Waals surface area contributed by atoms with Crippen LogP contribution >= 0.6 is 0 Å². The van der Waals surface area contributed by atoms with Gasteiger partial charge in [0.2, 0.25) is 0 Å². The summed E-state index contributed by atoms with van der Waals surface area (Å²) in [5.41, 5.74) is 6.68. The number of anilines is 2. The molecule has 0 radical (unpaired) electrons. The van der Waals surface area contributed by atoms with Crippen LogP contribution in [0, 0.1) is 0 Å². The van der Waals surface area contributed by atoms with Crippen LogP contribution in [0.5, 0.6) is 5.75 Å². The predicted octanol–water partition coefficient (Wildman–Crippen LogP) is 2.31. The van der Waals surface area contributed by atoms with Crippen LogP contribution in [0.4, 0.5) is 11.5 Å². The van der Waals surface area contributed by atoms with E-state index in [1.54, 1.807) is 18.2 Å². The van der Waals surface area contributed by atoms with E-state index in [1.165, 1.54) is 12.3 Å². The zero-order chi connectivity index (χ0) is 13.7. The minimum atomic E-state index is -0.234. The largest absolute Gasteiger partial charge is 0.494 e. The number of carbonyl (C=O) groups is 1. The monoisotopic (exact) mass is 257 g/mol. The van der Waals surface area contributed by atoms with Crippen molar-refractivity contribution in [2.45, 2.75) is 6.92 Å². The molecule has 0 aliphatic carbocycles. The Morgan fingerprint density at radius 3 is 2.95 bits per heavy atom. The number of carbonyl (C=O) groups excluding carboxylic acids is 1. The molecule has 5 heteroatoms. The SMILES string of the molecule is CCOc1cccc(NC(=O)c2ccnc(N)c2)c1. The highest BCUT2D eigenvalue weighted by molar-refractivity contribution is 6.04. The van der Waals surface area contributed by atoms with Crippen molar-refractivity contribution in [1.82, 2.24) is 4.98 Å². The van der Waals surface area contributed by atoms with Crippen molar-refractivity contribution in [1.29, 1.82) is 0 Å². The van der Waals surface area contributed by atoms with Gasteiger partial charge < -0.3 is 15.8 Å². The normalized spacial score (nSPS) is 9.95. The van der Waals surface area contributed by atoms with Crippen molar-refractivity contribution < 1.29 is 9.53 Å². The number of rotatable bonds is 4. The van der Waals surface area contributed by atoms with Gasteiger partial charge in [-0.2, -0.15) is 0 Å². The smallest absolute Gasteiger partial charge is 0.255 e. The van der Waals surface area contributed by atoms with Crippen LogP contribution in [0.2, 0.25) is 0 Å². The fourth-order valence-corrected chi connectivity index (χ4v) is 1.62. The number of nitrogens with one attached hydrogen (secondary N) is 1. The summed E-state index contributed by atoms with van der Waals surface area (Å²) in [5.74, 6) is 0.799. The molecule has 0 aliphatic heterocycles. The Morgan fingerprint density at radius 2 is 2.21 bits per heavy atom. The average Bonchev–Trinajstić information content (AvgIpc) is 2.39. The van der Waals surface area contributed by atoms with E-state index in [4.69, 9.17) is 10.5 Å². The first-order valence-corrected chi connectivity index (χ1v) is 5.95. The summed E-state index contributed by atoms with van der Waals surface area (Å²) in [6.07, 6.45) is 1.50. The maximum atomic E-state index is 12.0. The van der Waals surface area contributed by atoms with Gasteiger partial charge in [-0.3, -0.25) is 4.79 Å². The molecule has 1 aromatic carbocycles. The van der Waals surface area contributed by atoms with Gasteiger partial charge in [-0.05, 0) is 31.2 Å². The number of nitrogen functional groups attached to an aromatic ring is 1. The minimum Gasteiger partial charge on any atom is -0.494 e. The van der Waals surface area contributed by atoms with E-state index in [-0.39, 0.29) is 5.91 Å². The molecule has 0 aliphatic rings. The third kappa shape index (κ3) is 3.45. The number of hydrogen-bond donors (Lipinski definition) is 2. The predicted molar refractivity (Wildman–Crippen MR) is 74.2 cm³/mol. The molecule has 0 spiro atoms. The second kappa shape index (κ2) is 5.86. The van der Waals surface area contributed by atoms with Gasteiger partial charge in [-0.15, -0.1) is 0 Å². The second-order valence-electron chi connectivity index (χ2n) is 3.88. The van der Waals surface area contributed by atoms with Gasteiger partial charge >= 0.3 is 0 Å². The molecule has 0 unspecified atom stereocenters. The van der Waals surface area contributed by atoms with E-state index in [0.29, 0.717) is 23.7 Å². The average molecular weight is 257 g/mol. The Labute approximate surface area is 111 Å². The topological polar surface area (TPSA) is 77.2 Å². The lowest BCUT2D eigenvalue weighted by Crippen LogP contribution is -2.12. The van der Waals surface area contributed by atoms with Crippen molar-refractivity contribution in [3.63, 3.8) is 0 Å². The van der Waals surface area contributed by atoms with Crippen molar-refractivity contribution in [3.8, 4) is 5.75 Å². The van der Waals surface area contributed by atoms with Crippen LogP contribution in [0.1, 0.15) is 17.3 Å². The first-order chi connectivity index (χ1) is 9.19. The lowest BCUT2D eigenvalue weighted by atomic mass is 10.2. The highest BCUT2D eigenvalue weighted by Crippen LogP contribution is 2.18. The number of benzene rings is 1. The van der Waals surface area contributed by atoms with E-state index in [9.17, 15) is 4.79 Å². The van der Waals surface area contributed by atoms with Gasteiger partial charge in [0, 0.05) is 23.5 Å². The maximum absolute atomic E-state index is 12.0. The molecular formula is C14H15N3O2. The summed E-state index contributed by atoms with van der Waals surface area (Å²) in [7, 11) is 0. The fourth-order valence-electron chi connectivity index (χ4n) is 1.62. The van der Waals surface area contributed by atoms with Crippen LogP contribution in [-0.4, -0.2) is 17.5 Å². The zero-order valence-corrected chi connectivity index (χ0v) is 10.6. The number of hydrogen-bond acceptors (Lipinski definition) is 4. The Hall–Kier alpha value is -2.56. The molecule has 19 heavy (non-hydrogen) atoms. The lowest BCUT2D eigenvalue weighted by molar-refractivity contribution is 0.102. The standard InChI is InChI=1S/C14H15N3O2/c1-2-19-12-5-3-4-11(9-12)17-14(18)10-6-7-16-13(15)8-10/h3-9H,2H2,1H3,(H2,15,16)(H,17,18). The number of nitrogens with zero attached hydrogens (tertiary/aromatic N) is 1. The highest BCUT2D eigenvalue weighted by Gasteiger charge is 2.07. The molecule has 2 rings (SSSR count). The van der Waals surface area contributed by atoms with E-state index in [0.717, 1.165) is 5.75 Å². The van der Waals surface area contributed by atoms with Crippen molar-refractivity contribution in [3.05, 3.63) is 48.2 Å². The summed E-state index contributed by atoms with van der Waals surface area (Å²) in [6.45, 7) is 2.49. The molecule has 2 aromatic rings. The van der Waals surface area contributed by atoms with Gasteiger partial charge in [0.1, 0.15) is 11.6 Å². The quantitative estimate of drug-likeness (QED) is 0.881. The summed E-state index contributed by atoms with van der Waals surface area (Å²) in [4.78, 5) is 15.8. The number of aromatic nitrogens is 1. The Bertz CT molecular complexity index is 584. The molecule has 1 heterocycles. The molecule has 5 nitrogen and oxygen atoms in total. The summed E-state index contributed by atoms with van der Waals surface area (Å²) < 4.78 is 5.37. The maximum Gasteiger partial charge on any atom is 0.255 e. The van der Waals surface area contributed by atoms with E-state index < -0.39 is 0 Å². The molecular weight excluding hydrogens is 242 g/mol. The van der Waals surface area contributed by atoms with Gasteiger partial charge in [0.05, 0.1) is 6.61 Å². The summed E-state index contributed by atoms with van der Waals surface area (Å²) in [6, 6.07) is 10.4. The number of pyridine rings is 1. The molecule has 0 saturated heterocycles. The van der Waals surface area contributed by atoms with Gasteiger partial charge in [0.15, 0.2) is 0 Å². The zero-order valence-electron chi connectivity index (χ0n) is 10.6. The van der Waals surface area contributed by atoms with E-state index >= 15 is 0 Å². The van der Waals surface area contributed by atoms with E-state index in [1.807, 2.05) is 19.1 Å². The Balaban J connectivity index is 2.12. The van der Waals surface area contributed by atoms with Gasteiger partial charge in [-0.1, -0.05) is 6.07 Å². The van der Waals surface area contributed by atoms with Crippen LogP contribution in [0.15, 0.2) is 42.6 Å². The van der Waals surface area contributed by atoms with Crippen molar-refractivity contribution in [2.24, 2.45) is 0 Å². The fraction of sp³-hybridized carbons (Fsp3) is 0.143. The summed E-state index contributed by atoms with van der Waals surface area (Å²) in [5, 5.41) is 2.78. The second-order valence-corrected chi connectivity index (χ2v) is 3.88. The first-order valence-electron chi connectivity index (χ1n) is 5.95. The number of amides is 1. The molecule has 98 valence electrons. The third-order valence-corrected chi connectivity index (χ3v) is 2.45. The summed E-state index contributed by atoms with van der Waals surface area (Å²) >= 11 is 0. The highest BCUT2D eigenvalue weighted by atomic mass is 16.5. The minimum absolute atomic E-state index is 0.234. The molecule has 0 fully saturated rings. The molecule has 0 atom stereocenters. The molecule has 1 aromatic heterocycles. The Kier molecular flexibility index (Phi) is 3.97. The lowest BCUT2D eigenvalue weighted by Gasteiger charge is -2.08. The number of ether oxygens (including phenoxy) is 1. The first kappa shape index (κ1) is 12.9. The molecule has 0 bridgehead atoms. The van der Waals surface area contributed by atoms with Crippen molar-refractivity contribution >= 4 is 17.4 Å². The van der Waals surface area contributed by atoms with Crippen LogP contribution in [0.25, 0.3) is 0 Å². The number of nitrogens with two attached hydrogens (primary N) is 1. The van der Waals surface area contributed by atoms with Crippen LogP contribution < -0.4 is 15.8 Å². The van der Waals surface area contributed by atoms with Gasteiger partial charge in [-0.25, -0.2) is 4.98 Å². The van der Waals surface area contributed by atoms with Crippen LogP contribution in [0.3, 0.4) is 0 Å². The van der Waals surface area contributed by atoms with Crippen LogP contribution in [-0.2, 0) is 0 Å². The molecule has 3 N–H and O–H groups in total. The third-order valence-electron chi connectivity index (χ3n) is 2.45. The van der Waals surface area contributed by atoms with E-state index in [2.05, 4.69) is 10.3 Å². The molecule has 0 saturated carbocycles. The molecule has 1 amide bonds. The van der Waals surface area contributed by atoms with Gasteiger partial charge in [0.25, 0.3) is 5.91 Å². The van der Waals surface area contributed by atoms with Crippen molar-refractivity contribution in [2.75, 3.05) is 17.7 Å². The Morgan fingerprint density at radius 1 is 1.37 bits per heavy atom.